The first-order chi connectivity index (χ1) is 18.2. The molecule has 6 nitrogen and oxygen atoms in total. The van der Waals surface area contributed by atoms with Crippen LogP contribution in [0.1, 0.15) is 24.0 Å². The number of hydrogen-bond donors (Lipinski definition) is 1. The largest absolute Gasteiger partial charge is 0.484 e. The lowest BCUT2D eigenvalue weighted by molar-refractivity contribution is -0.153. The molecule has 2 aliphatic heterocycles. The Bertz CT molecular complexity index is 1040. The van der Waals surface area contributed by atoms with Gasteiger partial charge in [0, 0.05) is 44.8 Å². The van der Waals surface area contributed by atoms with Crippen LogP contribution in [0, 0.1) is 11.7 Å². The van der Waals surface area contributed by atoms with Crippen molar-refractivity contribution >= 4 is 5.91 Å². The number of rotatable bonds is 9. The van der Waals surface area contributed by atoms with Crippen molar-refractivity contribution in [1.29, 1.82) is 0 Å². The van der Waals surface area contributed by atoms with Gasteiger partial charge in [-0.3, -0.25) is 9.69 Å². The summed E-state index contributed by atoms with van der Waals surface area (Å²) in [5.74, 6) is -0.647. The Balaban J connectivity index is 1.22. The minimum absolute atomic E-state index is 0.0625. The molecule has 4 rings (SSSR count). The second kappa shape index (κ2) is 12.9. The number of ether oxygens (including phenoxy) is 1. The van der Waals surface area contributed by atoms with Crippen molar-refractivity contribution in [2.24, 2.45) is 11.7 Å². The predicted octanol–water partition coefficient (Wildman–Crippen LogP) is 3.69. The minimum atomic E-state index is -4.51. The summed E-state index contributed by atoms with van der Waals surface area (Å²) in [4.78, 5) is 19.2. The lowest BCUT2D eigenvalue weighted by Crippen LogP contribution is -2.55. The van der Waals surface area contributed by atoms with Crippen LogP contribution in [-0.4, -0.2) is 85.2 Å². The SMILES string of the molecule is N[C@@H](C(=O)N1CCN(Cc2c(F)cccc2OCC(F)(F)F)CC1)C1CCN(CCc2ccccc2)CC1. The number of benzene rings is 2. The highest BCUT2D eigenvalue weighted by Gasteiger charge is 2.33. The zero-order valence-electron chi connectivity index (χ0n) is 21.5. The van der Waals surface area contributed by atoms with E-state index in [1.807, 2.05) is 11.0 Å². The summed E-state index contributed by atoms with van der Waals surface area (Å²) in [6, 6.07) is 13.7. The van der Waals surface area contributed by atoms with E-state index < -0.39 is 24.6 Å². The van der Waals surface area contributed by atoms with Gasteiger partial charge >= 0.3 is 6.18 Å². The molecule has 2 saturated heterocycles. The molecule has 0 bridgehead atoms. The fraction of sp³-hybridized carbons (Fsp3) is 0.536. The van der Waals surface area contributed by atoms with Gasteiger partial charge in [0.25, 0.3) is 0 Å². The number of amides is 1. The molecule has 1 amide bonds. The van der Waals surface area contributed by atoms with Gasteiger partial charge in [-0.25, -0.2) is 4.39 Å². The Morgan fingerprint density at radius 2 is 1.63 bits per heavy atom. The summed E-state index contributed by atoms with van der Waals surface area (Å²) in [5.41, 5.74) is 7.83. The first-order valence-electron chi connectivity index (χ1n) is 13.2. The number of alkyl halides is 3. The van der Waals surface area contributed by atoms with Crippen molar-refractivity contribution in [3.05, 3.63) is 65.5 Å². The Morgan fingerprint density at radius 3 is 2.29 bits per heavy atom. The Labute approximate surface area is 221 Å². The van der Waals surface area contributed by atoms with Crippen LogP contribution < -0.4 is 10.5 Å². The summed E-state index contributed by atoms with van der Waals surface area (Å²) in [5, 5.41) is 0. The first kappa shape index (κ1) is 28.3. The quantitative estimate of drug-likeness (QED) is 0.496. The van der Waals surface area contributed by atoms with Gasteiger partial charge in [0.1, 0.15) is 11.6 Å². The molecule has 2 aromatic carbocycles. The molecule has 2 heterocycles. The van der Waals surface area contributed by atoms with Crippen LogP contribution in [0.5, 0.6) is 5.75 Å². The van der Waals surface area contributed by atoms with Crippen LogP contribution >= 0.6 is 0 Å². The molecule has 0 saturated carbocycles. The highest BCUT2D eigenvalue weighted by molar-refractivity contribution is 5.82. The van der Waals surface area contributed by atoms with Gasteiger partial charge in [-0.05, 0) is 56.0 Å². The summed E-state index contributed by atoms with van der Waals surface area (Å²) >= 11 is 0. The molecular weight excluding hydrogens is 500 g/mol. The molecule has 10 heteroatoms. The number of nitrogens with zero attached hydrogens (tertiary/aromatic N) is 3. The van der Waals surface area contributed by atoms with E-state index >= 15 is 0 Å². The number of carbonyl (C=O) groups is 1. The Hall–Kier alpha value is -2.69. The highest BCUT2D eigenvalue weighted by Crippen LogP contribution is 2.27. The monoisotopic (exact) mass is 536 g/mol. The third kappa shape index (κ3) is 7.91. The van der Waals surface area contributed by atoms with E-state index in [2.05, 4.69) is 29.2 Å². The number of halogens is 4. The maximum absolute atomic E-state index is 14.4. The van der Waals surface area contributed by atoms with Crippen LogP contribution in [0.4, 0.5) is 17.6 Å². The molecule has 0 aromatic heterocycles. The van der Waals surface area contributed by atoms with E-state index in [0.717, 1.165) is 38.9 Å². The minimum Gasteiger partial charge on any atom is -0.484 e. The second-order valence-electron chi connectivity index (χ2n) is 10.2. The van der Waals surface area contributed by atoms with Crippen LogP contribution in [0.3, 0.4) is 0 Å². The number of piperidine rings is 1. The smallest absolute Gasteiger partial charge is 0.422 e. The number of carbonyl (C=O) groups excluding carboxylic acids is 1. The normalized spacial score (nSPS) is 18.9. The van der Waals surface area contributed by atoms with E-state index in [4.69, 9.17) is 10.5 Å². The van der Waals surface area contributed by atoms with Gasteiger partial charge < -0.3 is 20.3 Å². The van der Waals surface area contributed by atoms with Gasteiger partial charge in [0.15, 0.2) is 6.61 Å². The molecular formula is C28H36F4N4O2. The zero-order chi connectivity index (χ0) is 27.1. The average Bonchev–Trinajstić information content (AvgIpc) is 2.92. The van der Waals surface area contributed by atoms with E-state index in [-0.39, 0.29) is 29.7 Å². The Kier molecular flexibility index (Phi) is 9.62. The van der Waals surface area contributed by atoms with E-state index in [9.17, 15) is 22.4 Å². The molecule has 0 aliphatic carbocycles. The standard InChI is InChI=1S/C28H36F4N4O2/c29-24-7-4-8-25(38-20-28(30,31)32)23(24)19-35-15-17-36(18-16-35)27(37)26(33)22-10-13-34(14-11-22)12-9-21-5-2-1-3-6-21/h1-8,22,26H,9-20,33H2/t26-/m1/s1. The summed E-state index contributed by atoms with van der Waals surface area (Å²) in [6.45, 7) is 3.30. The predicted molar refractivity (Wildman–Crippen MR) is 137 cm³/mol. The van der Waals surface area contributed by atoms with E-state index in [1.54, 1.807) is 4.90 Å². The number of likely N-dealkylation sites (tertiary alicyclic amines) is 1. The fourth-order valence-corrected chi connectivity index (χ4v) is 5.22. The van der Waals surface area contributed by atoms with Crippen molar-refractivity contribution in [3.63, 3.8) is 0 Å². The summed E-state index contributed by atoms with van der Waals surface area (Å²) in [6.07, 6.45) is -1.73. The van der Waals surface area contributed by atoms with Crippen molar-refractivity contribution in [3.8, 4) is 5.75 Å². The molecule has 2 aromatic rings. The second-order valence-corrected chi connectivity index (χ2v) is 10.2. The third-order valence-corrected chi connectivity index (χ3v) is 7.52. The molecule has 0 radical (unpaired) electrons. The van der Waals surface area contributed by atoms with Gasteiger partial charge in [0.05, 0.1) is 6.04 Å². The van der Waals surface area contributed by atoms with E-state index in [0.29, 0.717) is 26.2 Å². The first-order valence-corrected chi connectivity index (χ1v) is 13.2. The summed E-state index contributed by atoms with van der Waals surface area (Å²) in [7, 11) is 0. The number of nitrogens with two attached hydrogens (primary N) is 1. The van der Waals surface area contributed by atoms with Crippen LogP contribution in [0.15, 0.2) is 48.5 Å². The maximum Gasteiger partial charge on any atom is 0.422 e. The summed E-state index contributed by atoms with van der Waals surface area (Å²) < 4.78 is 57.1. The van der Waals surface area contributed by atoms with Crippen LogP contribution in [0.2, 0.25) is 0 Å². The maximum atomic E-state index is 14.4. The molecule has 208 valence electrons. The Morgan fingerprint density at radius 1 is 0.947 bits per heavy atom. The van der Waals surface area contributed by atoms with Crippen molar-refractivity contribution in [2.75, 3.05) is 52.4 Å². The van der Waals surface area contributed by atoms with Crippen molar-refractivity contribution in [2.45, 2.75) is 38.0 Å². The molecule has 0 unspecified atom stereocenters. The van der Waals surface area contributed by atoms with Gasteiger partial charge in [-0.15, -0.1) is 0 Å². The fourth-order valence-electron chi connectivity index (χ4n) is 5.22. The van der Waals surface area contributed by atoms with Crippen LogP contribution in [0.25, 0.3) is 0 Å². The molecule has 2 fully saturated rings. The van der Waals surface area contributed by atoms with Crippen molar-refractivity contribution < 1.29 is 27.1 Å². The zero-order valence-corrected chi connectivity index (χ0v) is 21.5. The van der Waals surface area contributed by atoms with Gasteiger partial charge in [0.2, 0.25) is 5.91 Å². The highest BCUT2D eigenvalue weighted by atomic mass is 19.4. The molecule has 2 aliphatic rings. The van der Waals surface area contributed by atoms with Crippen LogP contribution in [-0.2, 0) is 17.8 Å². The molecule has 38 heavy (non-hydrogen) atoms. The third-order valence-electron chi connectivity index (χ3n) is 7.52. The van der Waals surface area contributed by atoms with Gasteiger partial charge in [-0.1, -0.05) is 36.4 Å². The molecule has 0 spiro atoms. The number of piperazine rings is 1. The molecule has 1 atom stereocenters. The topological polar surface area (TPSA) is 62.0 Å². The lowest BCUT2D eigenvalue weighted by Gasteiger charge is -2.39. The van der Waals surface area contributed by atoms with E-state index in [1.165, 1.54) is 23.8 Å². The number of hydrogen-bond acceptors (Lipinski definition) is 5. The molecule has 2 N–H and O–H groups in total. The average molecular weight is 537 g/mol. The van der Waals surface area contributed by atoms with Gasteiger partial charge in [-0.2, -0.15) is 13.2 Å². The van der Waals surface area contributed by atoms with Crippen molar-refractivity contribution in [1.82, 2.24) is 14.7 Å². The lowest BCUT2D eigenvalue weighted by atomic mass is 9.88.